The van der Waals surface area contributed by atoms with Crippen LogP contribution in [-0.4, -0.2) is 24.6 Å². The van der Waals surface area contributed by atoms with E-state index in [4.69, 9.17) is 4.84 Å². The normalized spacial score (nSPS) is 24.9. The molecule has 0 saturated heterocycles. The van der Waals surface area contributed by atoms with Gasteiger partial charge in [-0.25, -0.2) is 0 Å². The maximum absolute atomic E-state index is 11.0. The maximum atomic E-state index is 11.0. The van der Waals surface area contributed by atoms with E-state index in [-0.39, 0.29) is 23.8 Å². The van der Waals surface area contributed by atoms with Crippen LogP contribution in [0, 0.1) is 5.41 Å². The van der Waals surface area contributed by atoms with E-state index < -0.39 is 7.37 Å². The fourth-order valence-corrected chi connectivity index (χ4v) is 2.27. The van der Waals surface area contributed by atoms with Gasteiger partial charge < -0.3 is 20.4 Å². The monoisotopic (exact) mass is 236 g/mol. The largest absolute Gasteiger partial charge is 0.799 e. The Balaban J connectivity index is 0.00000196. The van der Waals surface area contributed by atoms with Gasteiger partial charge in [-0.2, -0.15) is 0 Å². The molecule has 0 bridgehead atoms. The van der Waals surface area contributed by atoms with Gasteiger partial charge in [-0.1, -0.05) is 25.9 Å². The minimum Gasteiger partial charge on any atom is -0.799 e. The molecule has 0 aromatic carbocycles. The van der Waals surface area contributed by atoms with Crippen molar-refractivity contribution in [3.8, 4) is 0 Å². The molecule has 2 atom stereocenters. The van der Waals surface area contributed by atoms with Crippen LogP contribution >= 0.6 is 7.37 Å². The summed E-state index contributed by atoms with van der Waals surface area (Å²) in [6.45, 7) is 7.37. The molecule has 1 rings (SSSR count). The molecule has 0 amide bonds. The third kappa shape index (κ3) is 4.78. The summed E-state index contributed by atoms with van der Waals surface area (Å²) in [7, 11) is -3.24. The number of nitrogens with zero attached hydrogens (tertiary/aromatic N) is 1. The SMILES string of the molecule is CC(C)(C)C1=NOC(CP(C)(=O)[O-])C1.[NH4+]. The first-order valence-electron chi connectivity index (χ1n) is 4.69. The first-order valence-corrected chi connectivity index (χ1v) is 6.95. The van der Waals surface area contributed by atoms with Crippen LogP contribution in [0.2, 0.25) is 0 Å². The Morgan fingerprint density at radius 1 is 1.60 bits per heavy atom. The highest BCUT2D eigenvalue weighted by Gasteiger charge is 2.30. The topological polar surface area (TPSA) is 98.2 Å². The van der Waals surface area contributed by atoms with Crippen LogP contribution in [0.4, 0.5) is 0 Å². The zero-order chi connectivity index (χ0) is 11.0. The third-order valence-electron chi connectivity index (χ3n) is 2.13. The second-order valence-electron chi connectivity index (χ2n) is 4.92. The minimum atomic E-state index is -3.24. The Morgan fingerprint density at radius 2 is 2.13 bits per heavy atom. The quantitative estimate of drug-likeness (QED) is 0.740. The van der Waals surface area contributed by atoms with Crippen molar-refractivity contribution in [3.05, 3.63) is 0 Å². The van der Waals surface area contributed by atoms with Gasteiger partial charge in [0.15, 0.2) is 0 Å². The molecule has 0 aromatic heterocycles. The molecular weight excluding hydrogens is 215 g/mol. The third-order valence-corrected chi connectivity index (χ3v) is 3.20. The van der Waals surface area contributed by atoms with Crippen molar-refractivity contribution in [1.82, 2.24) is 6.15 Å². The Bertz CT molecular complexity index is 290. The molecule has 6 heteroatoms. The molecule has 15 heavy (non-hydrogen) atoms. The van der Waals surface area contributed by atoms with Gasteiger partial charge in [-0.05, 0) is 6.66 Å². The number of hydrogen-bond donors (Lipinski definition) is 1. The highest BCUT2D eigenvalue weighted by Crippen LogP contribution is 2.35. The first kappa shape index (κ1) is 14.6. The van der Waals surface area contributed by atoms with Crippen molar-refractivity contribution in [3.63, 3.8) is 0 Å². The summed E-state index contributed by atoms with van der Waals surface area (Å²) < 4.78 is 11.0. The van der Waals surface area contributed by atoms with E-state index in [9.17, 15) is 9.46 Å². The Labute approximate surface area is 90.9 Å². The Hall–Kier alpha value is -0.380. The molecule has 1 aliphatic heterocycles. The first-order chi connectivity index (χ1) is 6.18. The van der Waals surface area contributed by atoms with Gasteiger partial charge in [0, 0.05) is 25.4 Å². The lowest BCUT2D eigenvalue weighted by molar-refractivity contribution is -0.174. The van der Waals surface area contributed by atoms with Crippen LogP contribution in [0.3, 0.4) is 0 Å². The van der Waals surface area contributed by atoms with Crippen molar-refractivity contribution in [2.75, 3.05) is 12.8 Å². The van der Waals surface area contributed by atoms with Gasteiger partial charge in [0.2, 0.25) is 0 Å². The summed E-state index contributed by atoms with van der Waals surface area (Å²) in [6, 6.07) is 0. The summed E-state index contributed by atoms with van der Waals surface area (Å²) >= 11 is 0. The number of hydrogen-bond acceptors (Lipinski definition) is 4. The van der Waals surface area contributed by atoms with Crippen LogP contribution < -0.4 is 11.0 Å². The van der Waals surface area contributed by atoms with Crippen molar-refractivity contribution in [2.24, 2.45) is 10.6 Å². The molecule has 0 radical (unpaired) electrons. The fourth-order valence-electron chi connectivity index (χ4n) is 1.34. The summed E-state index contributed by atoms with van der Waals surface area (Å²) in [5.74, 6) is 0. The summed E-state index contributed by atoms with van der Waals surface area (Å²) in [6.07, 6.45) is 0.428. The predicted molar refractivity (Wildman–Crippen MR) is 60.8 cm³/mol. The molecule has 1 heterocycles. The fraction of sp³-hybridized carbons (Fsp3) is 0.889. The highest BCUT2D eigenvalue weighted by atomic mass is 31.2. The molecule has 90 valence electrons. The minimum absolute atomic E-state index is 0. The maximum Gasteiger partial charge on any atom is 0.138 e. The smallest absolute Gasteiger partial charge is 0.138 e. The molecule has 1 aliphatic rings. The van der Waals surface area contributed by atoms with Gasteiger partial charge in [-0.3, -0.25) is 0 Å². The van der Waals surface area contributed by atoms with Crippen molar-refractivity contribution in [2.45, 2.75) is 33.3 Å². The molecule has 0 aliphatic carbocycles. The van der Waals surface area contributed by atoms with Crippen LogP contribution in [0.25, 0.3) is 0 Å². The molecule has 4 N–H and O–H groups in total. The van der Waals surface area contributed by atoms with E-state index in [1.54, 1.807) is 0 Å². The van der Waals surface area contributed by atoms with Crippen LogP contribution in [-0.2, 0) is 9.40 Å². The average molecular weight is 236 g/mol. The zero-order valence-electron chi connectivity index (χ0n) is 10.1. The average Bonchev–Trinajstić information content (AvgIpc) is 2.29. The van der Waals surface area contributed by atoms with Crippen LogP contribution in [0.1, 0.15) is 27.2 Å². The van der Waals surface area contributed by atoms with Gasteiger partial charge in [0.1, 0.15) is 6.10 Å². The Kier molecular flexibility index (Phi) is 4.52. The summed E-state index contributed by atoms with van der Waals surface area (Å²) in [4.78, 5) is 16.1. The Morgan fingerprint density at radius 3 is 2.47 bits per heavy atom. The molecule has 0 fully saturated rings. The van der Waals surface area contributed by atoms with Gasteiger partial charge >= 0.3 is 0 Å². The van der Waals surface area contributed by atoms with Crippen molar-refractivity contribution < 1.29 is 14.3 Å². The van der Waals surface area contributed by atoms with Gasteiger partial charge in [-0.15, -0.1) is 0 Å². The standard InChI is InChI=1S/C9H18NO3P.H3N/c1-9(2,3)8-5-7(13-10-8)6-14(4,11)12;/h7H,5-6H2,1-4H3,(H,11,12);1H3. The molecule has 5 nitrogen and oxygen atoms in total. The highest BCUT2D eigenvalue weighted by molar-refractivity contribution is 7.55. The van der Waals surface area contributed by atoms with E-state index in [0.29, 0.717) is 6.42 Å². The van der Waals surface area contributed by atoms with Crippen LogP contribution in [0.5, 0.6) is 0 Å². The van der Waals surface area contributed by atoms with E-state index in [1.165, 1.54) is 6.66 Å². The molecule has 0 saturated carbocycles. The van der Waals surface area contributed by atoms with E-state index >= 15 is 0 Å². The van der Waals surface area contributed by atoms with Gasteiger partial charge in [0.25, 0.3) is 0 Å². The molecule has 0 aromatic rings. The second kappa shape index (κ2) is 4.64. The number of quaternary nitrogens is 1. The van der Waals surface area contributed by atoms with Crippen molar-refractivity contribution in [1.29, 1.82) is 0 Å². The summed E-state index contributed by atoms with van der Waals surface area (Å²) in [5, 5.41) is 3.93. The lowest BCUT2D eigenvalue weighted by Crippen LogP contribution is -2.23. The van der Waals surface area contributed by atoms with Gasteiger partial charge in [0.05, 0.1) is 5.71 Å². The van der Waals surface area contributed by atoms with E-state index in [1.807, 2.05) is 20.8 Å². The molecule has 2 unspecified atom stereocenters. The second-order valence-corrected chi connectivity index (χ2v) is 7.31. The lowest BCUT2D eigenvalue weighted by Gasteiger charge is -2.21. The molecular formula is C9H21N2O3P. The van der Waals surface area contributed by atoms with E-state index in [0.717, 1.165) is 5.71 Å². The van der Waals surface area contributed by atoms with Crippen molar-refractivity contribution >= 4 is 13.1 Å². The number of oxime groups is 1. The van der Waals surface area contributed by atoms with E-state index in [2.05, 4.69) is 5.16 Å². The molecule has 0 spiro atoms. The zero-order valence-corrected chi connectivity index (χ0v) is 11.0. The number of rotatable bonds is 2. The summed E-state index contributed by atoms with van der Waals surface area (Å²) in [5.41, 5.74) is 0.908. The lowest BCUT2D eigenvalue weighted by atomic mass is 9.87. The predicted octanol–water partition coefficient (Wildman–Crippen LogP) is 1.82. The van der Waals surface area contributed by atoms with Crippen LogP contribution in [0.15, 0.2) is 5.16 Å².